The van der Waals surface area contributed by atoms with Gasteiger partial charge in [-0.2, -0.15) is 5.10 Å². The molecule has 4 nitrogen and oxygen atoms in total. The molecule has 0 aliphatic heterocycles. The van der Waals surface area contributed by atoms with E-state index in [9.17, 15) is 9.18 Å². The van der Waals surface area contributed by atoms with Crippen LogP contribution in [0.1, 0.15) is 10.4 Å². The molecule has 0 unspecified atom stereocenters. The number of aromatic nitrogens is 2. The van der Waals surface area contributed by atoms with Crippen LogP contribution in [-0.2, 0) is 6.54 Å². The summed E-state index contributed by atoms with van der Waals surface area (Å²) in [5, 5.41) is 6.63. The predicted octanol–water partition coefficient (Wildman–Crippen LogP) is 1.45. The van der Waals surface area contributed by atoms with Crippen LogP contribution in [0.15, 0.2) is 42.7 Å². The van der Waals surface area contributed by atoms with Crippen molar-refractivity contribution in [1.82, 2.24) is 15.1 Å². The summed E-state index contributed by atoms with van der Waals surface area (Å²) in [5.41, 5.74) is 0.0629. The van der Waals surface area contributed by atoms with Crippen molar-refractivity contribution in [1.29, 1.82) is 0 Å². The first-order valence-corrected chi connectivity index (χ1v) is 5.27. The zero-order valence-electron chi connectivity index (χ0n) is 9.14. The van der Waals surface area contributed by atoms with Crippen LogP contribution in [-0.4, -0.2) is 22.2 Å². The monoisotopic (exact) mass is 233 g/mol. The maximum Gasteiger partial charge on any atom is 0.254 e. The summed E-state index contributed by atoms with van der Waals surface area (Å²) in [6.45, 7) is 0.974. The summed E-state index contributed by atoms with van der Waals surface area (Å²) < 4.78 is 15.0. The molecule has 0 fully saturated rings. The third-order valence-corrected chi connectivity index (χ3v) is 2.30. The standard InChI is InChI=1S/C12H12FN3O/c13-11-5-2-1-4-10(11)12(17)14-7-9-16-8-3-6-15-16/h1-6,8H,7,9H2,(H,14,17). The Bertz CT molecular complexity index is 496. The zero-order chi connectivity index (χ0) is 12.1. The van der Waals surface area contributed by atoms with Gasteiger partial charge in [-0.25, -0.2) is 4.39 Å². The maximum absolute atomic E-state index is 13.3. The molecule has 17 heavy (non-hydrogen) atoms. The van der Waals surface area contributed by atoms with Gasteiger partial charge in [-0.3, -0.25) is 9.48 Å². The van der Waals surface area contributed by atoms with Gasteiger partial charge in [0.15, 0.2) is 0 Å². The molecule has 2 aromatic rings. The third kappa shape index (κ3) is 2.90. The van der Waals surface area contributed by atoms with Crippen molar-refractivity contribution >= 4 is 5.91 Å². The van der Waals surface area contributed by atoms with Crippen LogP contribution < -0.4 is 5.32 Å². The van der Waals surface area contributed by atoms with Crippen LogP contribution >= 0.6 is 0 Å². The lowest BCUT2D eigenvalue weighted by Crippen LogP contribution is -2.28. The van der Waals surface area contributed by atoms with Gasteiger partial charge in [-0.15, -0.1) is 0 Å². The molecule has 1 aromatic carbocycles. The highest BCUT2D eigenvalue weighted by Crippen LogP contribution is 2.05. The van der Waals surface area contributed by atoms with Crippen molar-refractivity contribution in [3.05, 3.63) is 54.1 Å². The maximum atomic E-state index is 13.3. The Morgan fingerprint density at radius 2 is 2.18 bits per heavy atom. The van der Waals surface area contributed by atoms with Gasteiger partial charge >= 0.3 is 0 Å². The first kappa shape index (κ1) is 11.3. The zero-order valence-corrected chi connectivity index (χ0v) is 9.14. The van der Waals surface area contributed by atoms with E-state index in [1.807, 2.05) is 0 Å². The van der Waals surface area contributed by atoms with Gasteiger partial charge in [-0.05, 0) is 18.2 Å². The Morgan fingerprint density at radius 1 is 1.35 bits per heavy atom. The molecule has 88 valence electrons. The van der Waals surface area contributed by atoms with Gasteiger partial charge in [-0.1, -0.05) is 12.1 Å². The van der Waals surface area contributed by atoms with Crippen LogP contribution in [0.4, 0.5) is 4.39 Å². The molecule has 0 aliphatic rings. The topological polar surface area (TPSA) is 46.9 Å². The van der Waals surface area contributed by atoms with Gasteiger partial charge in [0.1, 0.15) is 5.82 Å². The average molecular weight is 233 g/mol. The van der Waals surface area contributed by atoms with Gasteiger partial charge < -0.3 is 5.32 Å². The van der Waals surface area contributed by atoms with Crippen molar-refractivity contribution in [2.45, 2.75) is 6.54 Å². The van der Waals surface area contributed by atoms with Gasteiger partial charge in [0, 0.05) is 18.9 Å². The molecule has 0 saturated heterocycles. The first-order chi connectivity index (χ1) is 8.27. The number of amides is 1. The third-order valence-electron chi connectivity index (χ3n) is 2.30. The number of carbonyl (C=O) groups is 1. The van der Waals surface area contributed by atoms with E-state index < -0.39 is 11.7 Å². The smallest absolute Gasteiger partial charge is 0.254 e. The van der Waals surface area contributed by atoms with E-state index in [4.69, 9.17) is 0 Å². The summed E-state index contributed by atoms with van der Waals surface area (Å²) in [4.78, 5) is 11.6. The fourth-order valence-electron chi connectivity index (χ4n) is 1.46. The Labute approximate surface area is 98.1 Å². The van der Waals surface area contributed by atoms with Crippen LogP contribution in [0, 0.1) is 5.82 Å². The van der Waals surface area contributed by atoms with Crippen LogP contribution in [0.3, 0.4) is 0 Å². The molecule has 1 aromatic heterocycles. The molecule has 0 saturated carbocycles. The van der Waals surface area contributed by atoms with E-state index in [1.54, 1.807) is 35.3 Å². The lowest BCUT2D eigenvalue weighted by atomic mass is 10.2. The van der Waals surface area contributed by atoms with Crippen LogP contribution in [0.2, 0.25) is 0 Å². The summed E-state index contributed by atoms with van der Waals surface area (Å²) in [6, 6.07) is 7.71. The number of hydrogen-bond donors (Lipinski definition) is 1. The van der Waals surface area contributed by atoms with E-state index in [1.165, 1.54) is 12.1 Å². The Kier molecular flexibility index (Phi) is 3.49. The van der Waals surface area contributed by atoms with E-state index >= 15 is 0 Å². The molecule has 0 atom stereocenters. The number of nitrogens with zero attached hydrogens (tertiary/aromatic N) is 2. The fraction of sp³-hybridized carbons (Fsp3) is 0.167. The quantitative estimate of drug-likeness (QED) is 0.868. The molecule has 5 heteroatoms. The number of nitrogens with one attached hydrogen (secondary N) is 1. The number of rotatable bonds is 4. The second kappa shape index (κ2) is 5.25. The molecule has 1 amide bonds. The molecule has 0 bridgehead atoms. The van der Waals surface area contributed by atoms with Crippen molar-refractivity contribution in [2.24, 2.45) is 0 Å². The number of hydrogen-bond acceptors (Lipinski definition) is 2. The first-order valence-electron chi connectivity index (χ1n) is 5.27. The summed E-state index contributed by atoms with van der Waals surface area (Å²) >= 11 is 0. The van der Waals surface area contributed by atoms with Gasteiger partial charge in [0.25, 0.3) is 5.91 Å². The lowest BCUT2D eigenvalue weighted by molar-refractivity contribution is 0.0948. The molecule has 2 rings (SSSR count). The normalized spacial score (nSPS) is 10.2. The van der Waals surface area contributed by atoms with Crippen molar-refractivity contribution in [3.8, 4) is 0 Å². The molecule has 1 heterocycles. The summed E-state index contributed by atoms with van der Waals surface area (Å²) in [6.07, 6.45) is 3.47. The van der Waals surface area contributed by atoms with Crippen LogP contribution in [0.5, 0.6) is 0 Å². The van der Waals surface area contributed by atoms with Crippen molar-refractivity contribution in [3.63, 3.8) is 0 Å². The number of benzene rings is 1. The second-order valence-electron chi connectivity index (χ2n) is 3.50. The Balaban J connectivity index is 1.88. The summed E-state index contributed by atoms with van der Waals surface area (Å²) in [7, 11) is 0. The largest absolute Gasteiger partial charge is 0.350 e. The minimum Gasteiger partial charge on any atom is -0.350 e. The number of halogens is 1. The van der Waals surface area contributed by atoms with Crippen LogP contribution in [0.25, 0.3) is 0 Å². The van der Waals surface area contributed by atoms with Gasteiger partial charge in [0.2, 0.25) is 0 Å². The van der Waals surface area contributed by atoms with E-state index in [0.29, 0.717) is 13.1 Å². The number of carbonyl (C=O) groups excluding carboxylic acids is 1. The second-order valence-corrected chi connectivity index (χ2v) is 3.50. The Hall–Kier alpha value is -2.17. The highest BCUT2D eigenvalue weighted by molar-refractivity contribution is 5.94. The highest BCUT2D eigenvalue weighted by atomic mass is 19.1. The van der Waals surface area contributed by atoms with Crippen molar-refractivity contribution in [2.75, 3.05) is 6.54 Å². The molecular formula is C12H12FN3O. The van der Waals surface area contributed by atoms with E-state index in [2.05, 4.69) is 10.4 Å². The SMILES string of the molecule is O=C(NCCn1cccn1)c1ccccc1F. The molecule has 0 aliphatic carbocycles. The predicted molar refractivity (Wildman–Crippen MR) is 61.0 cm³/mol. The van der Waals surface area contributed by atoms with E-state index in [0.717, 1.165) is 0 Å². The summed E-state index contributed by atoms with van der Waals surface area (Å²) in [5.74, 6) is -0.917. The minimum absolute atomic E-state index is 0.0629. The molecule has 0 radical (unpaired) electrons. The average Bonchev–Trinajstić information content (AvgIpc) is 2.82. The van der Waals surface area contributed by atoms with Crippen molar-refractivity contribution < 1.29 is 9.18 Å². The molecule has 0 spiro atoms. The Morgan fingerprint density at radius 3 is 2.88 bits per heavy atom. The minimum atomic E-state index is -0.510. The highest BCUT2D eigenvalue weighted by Gasteiger charge is 2.09. The fourth-order valence-corrected chi connectivity index (χ4v) is 1.46. The lowest BCUT2D eigenvalue weighted by Gasteiger charge is -2.06. The molecule has 1 N–H and O–H groups in total. The van der Waals surface area contributed by atoms with E-state index in [-0.39, 0.29) is 5.56 Å². The molecular weight excluding hydrogens is 221 g/mol. The van der Waals surface area contributed by atoms with Gasteiger partial charge in [0.05, 0.1) is 12.1 Å².